The molecule has 149 valence electrons. The zero-order valence-corrected chi connectivity index (χ0v) is 16.6. The minimum atomic E-state index is -1.11. The van der Waals surface area contributed by atoms with E-state index >= 15 is 0 Å². The lowest BCUT2D eigenvalue weighted by Gasteiger charge is -2.06. The number of hydrogen-bond acceptors (Lipinski definition) is 2. The third kappa shape index (κ3) is 13.7. The molecule has 0 heterocycles. The summed E-state index contributed by atoms with van der Waals surface area (Å²) in [6.45, 7) is 4.36. The lowest BCUT2D eigenvalue weighted by atomic mass is 10.0. The third-order valence-electron chi connectivity index (χ3n) is 4.37. The number of phenols is 1. The van der Waals surface area contributed by atoms with Crippen LogP contribution < -0.4 is 0 Å². The van der Waals surface area contributed by atoms with Crippen molar-refractivity contribution < 1.29 is 20.1 Å². The van der Waals surface area contributed by atoms with Crippen LogP contribution in [0.15, 0.2) is 24.3 Å². The molecule has 0 aliphatic carbocycles. The Labute approximate surface area is 159 Å². The van der Waals surface area contributed by atoms with E-state index < -0.39 is 5.97 Å². The van der Waals surface area contributed by atoms with Gasteiger partial charge in [-0.05, 0) is 25.0 Å². The summed E-state index contributed by atoms with van der Waals surface area (Å²) < 4.78 is 0. The van der Waals surface area contributed by atoms with E-state index in [9.17, 15) is 9.90 Å². The smallest absolute Gasteiger partial charge is 0.339 e. The fourth-order valence-electron chi connectivity index (χ4n) is 2.80. The van der Waals surface area contributed by atoms with Gasteiger partial charge in [0.25, 0.3) is 0 Å². The lowest BCUT2D eigenvalue weighted by Crippen LogP contribution is -2.02. The van der Waals surface area contributed by atoms with Crippen LogP contribution in [0.25, 0.3) is 0 Å². The number of carboxylic acids is 1. The van der Waals surface area contributed by atoms with Gasteiger partial charge in [0.1, 0.15) is 11.3 Å². The van der Waals surface area contributed by atoms with Crippen LogP contribution in [-0.4, -0.2) is 22.3 Å². The number of rotatable bonds is 13. The Balaban J connectivity index is 0.000000531. The van der Waals surface area contributed by atoms with Crippen LogP contribution in [0.4, 0.5) is 0 Å². The molecule has 1 unspecified atom stereocenters. The van der Waals surface area contributed by atoms with E-state index in [2.05, 4.69) is 13.8 Å². The normalized spacial score (nSPS) is 11.5. The van der Waals surface area contributed by atoms with Crippen LogP contribution in [0.5, 0.6) is 5.75 Å². The first-order valence-corrected chi connectivity index (χ1v) is 10.2. The van der Waals surface area contributed by atoms with Crippen LogP contribution in [0, 0.1) is 0 Å². The van der Waals surface area contributed by atoms with Gasteiger partial charge < -0.3 is 10.2 Å². The summed E-state index contributed by atoms with van der Waals surface area (Å²) in [5.41, 5.74) is -0.0671. The van der Waals surface area contributed by atoms with E-state index in [1.54, 1.807) is 12.1 Å². The zero-order chi connectivity index (χ0) is 19.6. The molecule has 1 atom stereocenters. The molecular formula is C22H37O4. The molecule has 0 saturated heterocycles. The number of carboxylic acid groups (broad SMARTS) is 1. The average Bonchev–Trinajstić information content (AvgIpc) is 2.61. The summed E-state index contributed by atoms with van der Waals surface area (Å²) in [5.74, 6) is -1.31. The van der Waals surface area contributed by atoms with Gasteiger partial charge >= 0.3 is 5.97 Å². The number of para-hydroxylation sites is 1. The van der Waals surface area contributed by atoms with E-state index in [4.69, 9.17) is 10.2 Å². The Morgan fingerprint density at radius 2 is 1.38 bits per heavy atom. The first-order valence-electron chi connectivity index (χ1n) is 10.2. The lowest BCUT2D eigenvalue weighted by molar-refractivity contribution is 0.0691. The van der Waals surface area contributed by atoms with E-state index in [1.165, 1.54) is 63.5 Å². The fraction of sp³-hybridized carbons (Fsp3) is 0.682. The van der Waals surface area contributed by atoms with Gasteiger partial charge in [-0.3, -0.25) is 0 Å². The summed E-state index contributed by atoms with van der Waals surface area (Å²) in [5, 5.41) is 28.6. The predicted molar refractivity (Wildman–Crippen MR) is 106 cm³/mol. The van der Waals surface area contributed by atoms with Crippen molar-refractivity contribution in [3.05, 3.63) is 29.8 Å². The summed E-state index contributed by atoms with van der Waals surface area (Å²) >= 11 is 0. The van der Waals surface area contributed by atoms with Crippen molar-refractivity contribution in [2.45, 2.75) is 97.0 Å². The molecule has 0 amide bonds. The molecule has 0 aromatic heterocycles. The van der Waals surface area contributed by atoms with Crippen LogP contribution in [0.1, 0.15) is 101 Å². The van der Waals surface area contributed by atoms with Crippen molar-refractivity contribution in [1.82, 2.24) is 0 Å². The van der Waals surface area contributed by atoms with Crippen LogP contribution in [0.3, 0.4) is 0 Å². The van der Waals surface area contributed by atoms with Gasteiger partial charge in [-0.15, -0.1) is 0 Å². The van der Waals surface area contributed by atoms with Gasteiger partial charge in [-0.1, -0.05) is 90.2 Å². The van der Waals surface area contributed by atoms with Crippen molar-refractivity contribution in [2.24, 2.45) is 0 Å². The van der Waals surface area contributed by atoms with Crippen molar-refractivity contribution in [2.75, 3.05) is 0 Å². The maximum Gasteiger partial charge on any atom is 0.339 e. The van der Waals surface area contributed by atoms with Gasteiger partial charge in [0.05, 0.1) is 6.10 Å². The first-order chi connectivity index (χ1) is 12.5. The van der Waals surface area contributed by atoms with Gasteiger partial charge in [0, 0.05) is 0 Å². The van der Waals surface area contributed by atoms with Gasteiger partial charge in [0.2, 0.25) is 0 Å². The highest BCUT2D eigenvalue weighted by Crippen LogP contribution is 2.14. The number of aromatic carboxylic acids is 1. The third-order valence-corrected chi connectivity index (χ3v) is 4.37. The molecule has 0 bridgehead atoms. The molecule has 1 aromatic carbocycles. The second kappa shape index (κ2) is 16.9. The molecule has 0 saturated carbocycles. The Morgan fingerprint density at radius 3 is 1.85 bits per heavy atom. The van der Waals surface area contributed by atoms with Gasteiger partial charge in [-0.25, -0.2) is 9.90 Å². The molecule has 1 aromatic rings. The highest BCUT2D eigenvalue weighted by Gasteiger charge is 2.05. The minimum Gasteiger partial charge on any atom is -0.507 e. The molecule has 26 heavy (non-hydrogen) atoms. The first kappa shape index (κ1) is 24.5. The second-order valence-electron chi connectivity index (χ2n) is 6.85. The number of unbranched alkanes of at least 4 members (excludes halogenated alkanes) is 8. The maximum atomic E-state index is 11.3. The van der Waals surface area contributed by atoms with E-state index in [1.807, 2.05) is 0 Å². The molecule has 4 nitrogen and oxygen atoms in total. The number of carbonyl (C=O) groups is 1. The zero-order valence-electron chi connectivity index (χ0n) is 16.6. The molecule has 1 rings (SSSR count). The quantitative estimate of drug-likeness (QED) is 0.387. The Hall–Kier alpha value is -1.55. The monoisotopic (exact) mass is 365 g/mol. The van der Waals surface area contributed by atoms with Crippen LogP contribution in [-0.2, 0) is 5.11 Å². The number of hydrogen-bond donors (Lipinski definition) is 2. The summed E-state index contributed by atoms with van der Waals surface area (Å²) in [7, 11) is 0. The summed E-state index contributed by atoms with van der Waals surface area (Å²) in [4.78, 5) is 10.3. The SMILES string of the molecule is CCCCCCCCCCCC([O])CCC.O=C(O)c1ccccc1O. The molecular weight excluding hydrogens is 328 g/mol. The molecule has 2 N–H and O–H groups in total. The Bertz CT molecular complexity index is 459. The maximum absolute atomic E-state index is 11.3. The van der Waals surface area contributed by atoms with Crippen LogP contribution >= 0.6 is 0 Å². The fourth-order valence-corrected chi connectivity index (χ4v) is 2.80. The number of aromatic hydroxyl groups is 1. The average molecular weight is 366 g/mol. The minimum absolute atomic E-state index is 0.0671. The van der Waals surface area contributed by atoms with Gasteiger partial charge in [-0.2, -0.15) is 0 Å². The summed E-state index contributed by atoms with van der Waals surface area (Å²) in [6.07, 6.45) is 14.6. The molecule has 0 spiro atoms. The highest BCUT2D eigenvalue weighted by molar-refractivity contribution is 5.90. The molecule has 4 heteroatoms. The molecule has 0 aliphatic rings. The standard InChI is InChI=1S/C15H31O.C7H6O3/c1-3-5-6-7-8-9-10-11-12-14-15(16)13-4-2;8-6-4-2-1-3-5(6)7(9)10/h15H,3-14H2,1-2H3;1-4,8H,(H,9,10). The van der Waals surface area contributed by atoms with Crippen molar-refractivity contribution >= 4 is 5.97 Å². The Kier molecular flexibility index (Phi) is 15.9. The largest absolute Gasteiger partial charge is 0.507 e. The summed E-state index contributed by atoms with van der Waals surface area (Å²) in [6, 6.07) is 5.81. The predicted octanol–water partition coefficient (Wildman–Crippen LogP) is 6.60. The Morgan fingerprint density at radius 1 is 0.846 bits per heavy atom. The van der Waals surface area contributed by atoms with Gasteiger partial charge in [0.15, 0.2) is 0 Å². The van der Waals surface area contributed by atoms with E-state index in [-0.39, 0.29) is 17.4 Å². The van der Waals surface area contributed by atoms with E-state index in [0.717, 1.165) is 25.7 Å². The van der Waals surface area contributed by atoms with Crippen molar-refractivity contribution in [1.29, 1.82) is 0 Å². The molecule has 0 aliphatic heterocycles. The van der Waals surface area contributed by atoms with E-state index in [0.29, 0.717) is 0 Å². The van der Waals surface area contributed by atoms with Crippen LogP contribution in [0.2, 0.25) is 0 Å². The molecule has 0 fully saturated rings. The van der Waals surface area contributed by atoms with Crippen molar-refractivity contribution in [3.63, 3.8) is 0 Å². The second-order valence-corrected chi connectivity index (χ2v) is 6.85. The number of benzene rings is 1. The van der Waals surface area contributed by atoms with Crippen molar-refractivity contribution in [3.8, 4) is 5.75 Å². The highest BCUT2D eigenvalue weighted by atomic mass is 16.4. The molecule has 1 radical (unpaired) electrons. The topological polar surface area (TPSA) is 77.4 Å².